The predicted molar refractivity (Wildman–Crippen MR) is 76.9 cm³/mol. The van der Waals surface area contributed by atoms with Gasteiger partial charge in [0.25, 0.3) is 5.91 Å². The van der Waals surface area contributed by atoms with Gasteiger partial charge in [0.1, 0.15) is 11.5 Å². The number of amides is 1. The Balaban J connectivity index is 2.21. The largest absolute Gasteiger partial charge is 0.508 e. The van der Waals surface area contributed by atoms with Gasteiger partial charge in [-0.05, 0) is 65.1 Å². The first-order valence-corrected chi connectivity index (χ1v) is 6.23. The molecule has 0 saturated carbocycles. The second-order valence-corrected chi connectivity index (χ2v) is 4.91. The second-order valence-electron chi connectivity index (χ2n) is 3.66. The summed E-state index contributed by atoms with van der Waals surface area (Å²) in [5, 5.41) is 21.4. The monoisotopic (exact) mass is 355 g/mol. The highest BCUT2D eigenvalue weighted by Crippen LogP contribution is 2.21. The van der Waals surface area contributed by atoms with Gasteiger partial charge in [-0.2, -0.15) is 0 Å². The van der Waals surface area contributed by atoms with Gasteiger partial charge in [-0.15, -0.1) is 0 Å². The molecule has 0 heterocycles. The van der Waals surface area contributed by atoms with E-state index in [4.69, 9.17) is 5.11 Å². The maximum atomic E-state index is 11.9. The average molecular weight is 355 g/mol. The van der Waals surface area contributed by atoms with E-state index in [1.807, 2.05) is 0 Å². The van der Waals surface area contributed by atoms with Crippen molar-refractivity contribution >= 4 is 34.2 Å². The minimum atomic E-state index is -0.392. The SMILES string of the molecule is O=C(Nc1ccc(O)cc1)c1cc(I)ccc1O. The Hall–Kier alpha value is -1.76. The number of phenols is 2. The van der Waals surface area contributed by atoms with Crippen molar-refractivity contribution in [2.45, 2.75) is 0 Å². The van der Waals surface area contributed by atoms with Crippen molar-refractivity contribution in [1.29, 1.82) is 0 Å². The number of halogens is 1. The third-order valence-electron chi connectivity index (χ3n) is 2.33. The lowest BCUT2D eigenvalue weighted by Gasteiger charge is -2.07. The van der Waals surface area contributed by atoms with E-state index in [-0.39, 0.29) is 17.1 Å². The molecular weight excluding hydrogens is 345 g/mol. The van der Waals surface area contributed by atoms with Gasteiger partial charge in [-0.1, -0.05) is 0 Å². The van der Waals surface area contributed by atoms with Crippen LogP contribution in [0, 0.1) is 3.57 Å². The van der Waals surface area contributed by atoms with Gasteiger partial charge in [-0.3, -0.25) is 4.79 Å². The highest BCUT2D eigenvalue weighted by molar-refractivity contribution is 14.1. The van der Waals surface area contributed by atoms with Crippen LogP contribution in [-0.4, -0.2) is 16.1 Å². The molecule has 0 aliphatic rings. The van der Waals surface area contributed by atoms with Crippen molar-refractivity contribution < 1.29 is 15.0 Å². The zero-order chi connectivity index (χ0) is 13.1. The summed E-state index contributed by atoms with van der Waals surface area (Å²) in [6.07, 6.45) is 0. The number of nitrogens with one attached hydrogen (secondary N) is 1. The van der Waals surface area contributed by atoms with Crippen LogP contribution >= 0.6 is 22.6 Å². The van der Waals surface area contributed by atoms with Crippen molar-refractivity contribution in [2.24, 2.45) is 0 Å². The maximum absolute atomic E-state index is 11.9. The zero-order valence-corrected chi connectivity index (χ0v) is 11.4. The highest BCUT2D eigenvalue weighted by Gasteiger charge is 2.11. The molecule has 0 bridgehead atoms. The maximum Gasteiger partial charge on any atom is 0.259 e. The Morgan fingerprint density at radius 1 is 1.06 bits per heavy atom. The quantitative estimate of drug-likeness (QED) is 0.573. The third-order valence-corrected chi connectivity index (χ3v) is 3.00. The van der Waals surface area contributed by atoms with Crippen LogP contribution in [0.1, 0.15) is 10.4 Å². The van der Waals surface area contributed by atoms with Gasteiger partial charge in [0.05, 0.1) is 5.56 Å². The molecule has 0 aliphatic carbocycles. The Morgan fingerprint density at radius 3 is 2.39 bits per heavy atom. The predicted octanol–water partition coefficient (Wildman–Crippen LogP) is 2.95. The van der Waals surface area contributed by atoms with Crippen LogP contribution in [0.5, 0.6) is 11.5 Å². The molecule has 2 rings (SSSR count). The minimum absolute atomic E-state index is 0.0632. The molecule has 0 fully saturated rings. The number of hydrogen-bond acceptors (Lipinski definition) is 3. The smallest absolute Gasteiger partial charge is 0.259 e. The third kappa shape index (κ3) is 2.92. The molecule has 92 valence electrons. The molecule has 5 heteroatoms. The summed E-state index contributed by atoms with van der Waals surface area (Å²) < 4.78 is 0.862. The van der Waals surface area contributed by atoms with Crippen LogP contribution in [0.4, 0.5) is 5.69 Å². The summed E-state index contributed by atoms with van der Waals surface area (Å²) in [6, 6.07) is 10.9. The molecule has 0 aromatic heterocycles. The van der Waals surface area contributed by atoms with E-state index >= 15 is 0 Å². The molecule has 0 spiro atoms. The van der Waals surface area contributed by atoms with Gasteiger partial charge >= 0.3 is 0 Å². The first kappa shape index (κ1) is 12.7. The van der Waals surface area contributed by atoms with Crippen LogP contribution in [0.2, 0.25) is 0 Å². The summed E-state index contributed by atoms with van der Waals surface area (Å²) in [6.45, 7) is 0. The second kappa shape index (κ2) is 5.26. The molecule has 18 heavy (non-hydrogen) atoms. The number of carbonyl (C=O) groups excluding carboxylic acids is 1. The fraction of sp³-hybridized carbons (Fsp3) is 0. The van der Waals surface area contributed by atoms with E-state index in [0.717, 1.165) is 3.57 Å². The number of benzene rings is 2. The lowest BCUT2D eigenvalue weighted by atomic mass is 10.2. The van der Waals surface area contributed by atoms with E-state index in [0.29, 0.717) is 5.69 Å². The number of aromatic hydroxyl groups is 2. The minimum Gasteiger partial charge on any atom is -0.508 e. The molecule has 4 nitrogen and oxygen atoms in total. The number of hydrogen-bond donors (Lipinski definition) is 3. The van der Waals surface area contributed by atoms with Crippen molar-refractivity contribution in [3.63, 3.8) is 0 Å². The van der Waals surface area contributed by atoms with Gasteiger partial charge in [-0.25, -0.2) is 0 Å². The van der Waals surface area contributed by atoms with Crippen LogP contribution in [0.15, 0.2) is 42.5 Å². The van der Waals surface area contributed by atoms with E-state index in [1.54, 1.807) is 24.3 Å². The lowest BCUT2D eigenvalue weighted by molar-refractivity contribution is 0.102. The normalized spacial score (nSPS) is 10.1. The van der Waals surface area contributed by atoms with Crippen molar-refractivity contribution in [3.8, 4) is 11.5 Å². The van der Waals surface area contributed by atoms with Crippen LogP contribution in [-0.2, 0) is 0 Å². The topological polar surface area (TPSA) is 69.6 Å². The first-order chi connectivity index (χ1) is 8.56. The fourth-order valence-corrected chi connectivity index (χ4v) is 1.92. The summed E-state index contributed by atoms with van der Waals surface area (Å²) in [7, 11) is 0. The molecular formula is C13H10INO3. The van der Waals surface area contributed by atoms with Crippen LogP contribution in [0.3, 0.4) is 0 Å². The van der Waals surface area contributed by atoms with E-state index in [9.17, 15) is 9.90 Å². The number of phenolic OH excluding ortho intramolecular Hbond substituents is 2. The standard InChI is InChI=1S/C13H10INO3/c14-8-1-6-12(17)11(7-8)13(18)15-9-2-4-10(16)5-3-9/h1-7,16-17H,(H,15,18). The van der Waals surface area contributed by atoms with Crippen molar-refractivity contribution in [1.82, 2.24) is 0 Å². The molecule has 0 radical (unpaired) electrons. The van der Waals surface area contributed by atoms with Gasteiger partial charge in [0.2, 0.25) is 0 Å². The average Bonchev–Trinajstić information content (AvgIpc) is 2.35. The van der Waals surface area contributed by atoms with Gasteiger partial charge in [0.15, 0.2) is 0 Å². The zero-order valence-electron chi connectivity index (χ0n) is 9.22. The summed E-state index contributed by atoms with van der Waals surface area (Å²) in [5.41, 5.74) is 0.769. The van der Waals surface area contributed by atoms with Gasteiger partial charge in [0, 0.05) is 9.26 Å². The van der Waals surface area contributed by atoms with Crippen molar-refractivity contribution in [2.75, 3.05) is 5.32 Å². The molecule has 0 saturated heterocycles. The van der Waals surface area contributed by atoms with Gasteiger partial charge < -0.3 is 15.5 Å². The molecule has 2 aromatic rings. The molecule has 2 aromatic carbocycles. The van der Waals surface area contributed by atoms with E-state index in [1.165, 1.54) is 18.2 Å². The molecule has 0 atom stereocenters. The number of carbonyl (C=O) groups is 1. The Bertz CT molecular complexity index is 581. The van der Waals surface area contributed by atoms with Crippen LogP contribution < -0.4 is 5.32 Å². The Labute approximate surface area is 117 Å². The fourth-order valence-electron chi connectivity index (χ4n) is 1.43. The Kier molecular flexibility index (Phi) is 3.71. The summed E-state index contributed by atoms with van der Waals surface area (Å²) >= 11 is 2.07. The molecule has 0 unspecified atom stereocenters. The number of anilines is 1. The van der Waals surface area contributed by atoms with E-state index in [2.05, 4.69) is 27.9 Å². The highest BCUT2D eigenvalue weighted by atomic mass is 127. The first-order valence-electron chi connectivity index (χ1n) is 5.15. The van der Waals surface area contributed by atoms with E-state index < -0.39 is 5.91 Å². The lowest BCUT2D eigenvalue weighted by Crippen LogP contribution is -2.12. The number of rotatable bonds is 2. The summed E-state index contributed by atoms with van der Waals surface area (Å²) in [5.74, 6) is -0.325. The molecule has 1 amide bonds. The van der Waals surface area contributed by atoms with Crippen molar-refractivity contribution in [3.05, 3.63) is 51.6 Å². The molecule has 3 N–H and O–H groups in total. The Morgan fingerprint density at radius 2 is 1.72 bits per heavy atom. The van der Waals surface area contributed by atoms with Crippen LogP contribution in [0.25, 0.3) is 0 Å². The summed E-state index contributed by atoms with van der Waals surface area (Å²) in [4.78, 5) is 11.9. The molecule has 0 aliphatic heterocycles.